The van der Waals surface area contributed by atoms with Gasteiger partial charge in [0.2, 0.25) is 5.91 Å². The fourth-order valence-electron chi connectivity index (χ4n) is 3.35. The first-order chi connectivity index (χ1) is 16.4. The Labute approximate surface area is 196 Å². The van der Waals surface area contributed by atoms with Crippen LogP contribution in [0.15, 0.2) is 72.8 Å². The van der Waals surface area contributed by atoms with Crippen LogP contribution in [-0.4, -0.2) is 20.7 Å². The average Bonchev–Trinajstić information content (AvgIpc) is 3.23. The third-order valence-electron chi connectivity index (χ3n) is 4.94. The Morgan fingerprint density at radius 3 is 2.41 bits per heavy atom. The molecular formula is C26H24F2N4O2. The SMILES string of the molecule is CC(C)CC(=O)Nc1ccc(-n2nc(OCc3ccc(F)cc3)nc2-c2cccc(F)c2)cc1. The summed E-state index contributed by atoms with van der Waals surface area (Å²) in [6.45, 7) is 4.11. The summed E-state index contributed by atoms with van der Waals surface area (Å²) < 4.78 is 34.3. The van der Waals surface area contributed by atoms with Crippen molar-refractivity contribution >= 4 is 11.6 Å². The molecule has 0 aliphatic heterocycles. The van der Waals surface area contributed by atoms with E-state index in [2.05, 4.69) is 15.4 Å². The van der Waals surface area contributed by atoms with Gasteiger partial charge in [0.15, 0.2) is 5.82 Å². The molecule has 1 heterocycles. The molecular weight excluding hydrogens is 438 g/mol. The van der Waals surface area contributed by atoms with Gasteiger partial charge in [-0.15, -0.1) is 5.10 Å². The van der Waals surface area contributed by atoms with E-state index in [-0.39, 0.29) is 30.3 Å². The Morgan fingerprint density at radius 1 is 1.00 bits per heavy atom. The number of amides is 1. The number of rotatable bonds is 8. The maximum absolute atomic E-state index is 13.9. The van der Waals surface area contributed by atoms with Gasteiger partial charge in [0, 0.05) is 17.7 Å². The third kappa shape index (κ3) is 5.83. The second-order valence-corrected chi connectivity index (χ2v) is 8.25. The minimum Gasteiger partial charge on any atom is -0.457 e. The van der Waals surface area contributed by atoms with Gasteiger partial charge in [0.05, 0.1) is 5.69 Å². The molecule has 4 rings (SSSR count). The van der Waals surface area contributed by atoms with Crippen molar-refractivity contribution in [3.05, 3.63) is 90.0 Å². The maximum atomic E-state index is 13.9. The largest absolute Gasteiger partial charge is 0.457 e. The van der Waals surface area contributed by atoms with Crippen molar-refractivity contribution in [2.24, 2.45) is 5.92 Å². The average molecular weight is 463 g/mol. The molecule has 4 aromatic rings. The summed E-state index contributed by atoms with van der Waals surface area (Å²) in [5.41, 5.74) is 2.60. The summed E-state index contributed by atoms with van der Waals surface area (Å²) in [5, 5.41) is 7.32. The molecule has 1 N–H and O–H groups in total. The number of nitrogens with zero attached hydrogens (tertiary/aromatic N) is 3. The summed E-state index contributed by atoms with van der Waals surface area (Å²) in [7, 11) is 0. The van der Waals surface area contributed by atoms with Crippen molar-refractivity contribution in [2.45, 2.75) is 26.9 Å². The summed E-state index contributed by atoms with van der Waals surface area (Å²) in [5.74, 6) is -0.130. The van der Waals surface area contributed by atoms with E-state index in [0.717, 1.165) is 5.56 Å². The highest BCUT2D eigenvalue weighted by atomic mass is 19.1. The van der Waals surface area contributed by atoms with Gasteiger partial charge < -0.3 is 10.1 Å². The summed E-state index contributed by atoms with van der Waals surface area (Å²) in [4.78, 5) is 16.5. The molecule has 8 heteroatoms. The fourth-order valence-corrected chi connectivity index (χ4v) is 3.35. The Bertz CT molecular complexity index is 1270. The molecule has 0 bridgehead atoms. The molecule has 0 atom stereocenters. The standard InChI is InChI=1S/C26H24F2N4O2/c1-17(2)14-24(33)29-22-10-12-23(13-11-22)32-25(19-4-3-5-21(28)15-19)30-26(31-32)34-16-18-6-8-20(27)9-7-18/h3-13,15,17H,14,16H2,1-2H3,(H,29,33). The molecule has 174 valence electrons. The predicted octanol–water partition coefficient (Wildman–Crippen LogP) is 5.78. The Kier molecular flexibility index (Phi) is 6.96. The van der Waals surface area contributed by atoms with E-state index < -0.39 is 5.82 Å². The number of hydrogen-bond donors (Lipinski definition) is 1. The Morgan fingerprint density at radius 2 is 1.74 bits per heavy atom. The number of aromatic nitrogens is 3. The van der Waals surface area contributed by atoms with Crippen molar-refractivity contribution in [3.8, 4) is 23.1 Å². The normalized spacial score (nSPS) is 11.0. The van der Waals surface area contributed by atoms with Crippen molar-refractivity contribution in [1.82, 2.24) is 14.8 Å². The topological polar surface area (TPSA) is 69.0 Å². The number of nitrogens with one attached hydrogen (secondary N) is 1. The van der Waals surface area contributed by atoms with Gasteiger partial charge in [0.1, 0.15) is 18.2 Å². The second-order valence-electron chi connectivity index (χ2n) is 8.25. The lowest BCUT2D eigenvalue weighted by atomic mass is 10.1. The van der Waals surface area contributed by atoms with Crippen molar-refractivity contribution in [3.63, 3.8) is 0 Å². The molecule has 0 saturated heterocycles. The van der Waals surface area contributed by atoms with Crippen LogP contribution in [0.5, 0.6) is 6.01 Å². The zero-order valence-electron chi connectivity index (χ0n) is 18.8. The van der Waals surface area contributed by atoms with Crippen LogP contribution in [-0.2, 0) is 11.4 Å². The molecule has 0 radical (unpaired) electrons. The van der Waals surface area contributed by atoms with Gasteiger partial charge in [-0.1, -0.05) is 38.1 Å². The number of ether oxygens (including phenoxy) is 1. The van der Waals surface area contributed by atoms with Crippen LogP contribution in [0, 0.1) is 17.6 Å². The molecule has 1 amide bonds. The number of anilines is 1. The molecule has 0 unspecified atom stereocenters. The zero-order valence-corrected chi connectivity index (χ0v) is 18.8. The maximum Gasteiger partial charge on any atom is 0.336 e. The van der Waals surface area contributed by atoms with Gasteiger partial charge in [-0.2, -0.15) is 4.98 Å². The van der Waals surface area contributed by atoms with Crippen LogP contribution in [0.3, 0.4) is 0 Å². The van der Waals surface area contributed by atoms with E-state index in [1.165, 1.54) is 24.3 Å². The number of carbonyl (C=O) groups is 1. The van der Waals surface area contributed by atoms with Crippen LogP contribution in [0.4, 0.5) is 14.5 Å². The monoisotopic (exact) mass is 462 g/mol. The number of hydrogen-bond acceptors (Lipinski definition) is 4. The molecule has 0 saturated carbocycles. The second kappa shape index (κ2) is 10.2. The highest BCUT2D eigenvalue weighted by molar-refractivity contribution is 5.90. The lowest BCUT2D eigenvalue weighted by Gasteiger charge is -2.09. The minimum atomic E-state index is -0.399. The van der Waals surface area contributed by atoms with Gasteiger partial charge in [-0.05, 0) is 60.0 Å². The quantitative estimate of drug-likeness (QED) is 0.361. The van der Waals surface area contributed by atoms with E-state index in [4.69, 9.17) is 4.74 Å². The van der Waals surface area contributed by atoms with Crippen LogP contribution in [0.1, 0.15) is 25.8 Å². The molecule has 6 nitrogen and oxygen atoms in total. The zero-order chi connectivity index (χ0) is 24.1. The van der Waals surface area contributed by atoms with Gasteiger partial charge in [0.25, 0.3) is 0 Å². The molecule has 34 heavy (non-hydrogen) atoms. The van der Waals surface area contributed by atoms with Gasteiger partial charge in [-0.3, -0.25) is 4.79 Å². The van der Waals surface area contributed by atoms with Gasteiger partial charge in [-0.25, -0.2) is 13.5 Å². The van der Waals surface area contributed by atoms with Crippen molar-refractivity contribution < 1.29 is 18.3 Å². The van der Waals surface area contributed by atoms with Crippen LogP contribution in [0.25, 0.3) is 17.1 Å². The van der Waals surface area contributed by atoms with Crippen molar-refractivity contribution in [1.29, 1.82) is 0 Å². The summed E-state index contributed by atoms with van der Waals surface area (Å²) >= 11 is 0. The van der Waals surface area contributed by atoms with E-state index >= 15 is 0 Å². The number of carbonyl (C=O) groups excluding carboxylic acids is 1. The van der Waals surface area contributed by atoms with E-state index in [1.807, 2.05) is 13.8 Å². The van der Waals surface area contributed by atoms with Crippen LogP contribution in [0.2, 0.25) is 0 Å². The van der Waals surface area contributed by atoms with Crippen molar-refractivity contribution in [2.75, 3.05) is 5.32 Å². The van der Waals surface area contributed by atoms with E-state index in [1.54, 1.807) is 53.2 Å². The highest BCUT2D eigenvalue weighted by Crippen LogP contribution is 2.25. The Hall–Kier alpha value is -4.07. The molecule has 0 spiro atoms. The lowest BCUT2D eigenvalue weighted by molar-refractivity contribution is -0.116. The van der Waals surface area contributed by atoms with E-state index in [0.29, 0.717) is 29.2 Å². The van der Waals surface area contributed by atoms with Gasteiger partial charge >= 0.3 is 6.01 Å². The Balaban J connectivity index is 1.60. The molecule has 3 aromatic carbocycles. The van der Waals surface area contributed by atoms with Crippen LogP contribution >= 0.6 is 0 Å². The first-order valence-electron chi connectivity index (χ1n) is 10.9. The fraction of sp³-hybridized carbons (Fsp3) is 0.192. The molecule has 0 fully saturated rings. The first-order valence-corrected chi connectivity index (χ1v) is 10.9. The first kappa shape index (κ1) is 23.1. The highest BCUT2D eigenvalue weighted by Gasteiger charge is 2.16. The molecule has 0 aliphatic rings. The van der Waals surface area contributed by atoms with Crippen LogP contribution < -0.4 is 10.1 Å². The molecule has 0 aliphatic carbocycles. The smallest absolute Gasteiger partial charge is 0.336 e. The number of benzene rings is 3. The lowest BCUT2D eigenvalue weighted by Crippen LogP contribution is -2.13. The summed E-state index contributed by atoms with van der Waals surface area (Å²) in [6.07, 6.45) is 0.434. The minimum absolute atomic E-state index is 0.0552. The molecule has 1 aromatic heterocycles. The summed E-state index contributed by atoms with van der Waals surface area (Å²) in [6, 6.07) is 19.2. The predicted molar refractivity (Wildman–Crippen MR) is 126 cm³/mol. The van der Waals surface area contributed by atoms with E-state index in [9.17, 15) is 13.6 Å². The number of halogens is 2. The third-order valence-corrected chi connectivity index (χ3v) is 4.94.